The van der Waals surface area contributed by atoms with Gasteiger partial charge in [0, 0.05) is 29.1 Å². The summed E-state index contributed by atoms with van der Waals surface area (Å²) >= 11 is 0. The minimum atomic E-state index is -1.40. The zero-order valence-electron chi connectivity index (χ0n) is 19.8. The van der Waals surface area contributed by atoms with Gasteiger partial charge in [-0.2, -0.15) is 0 Å². The van der Waals surface area contributed by atoms with E-state index in [4.69, 9.17) is 9.47 Å². The molecular weight excluding hydrogens is 408 g/mol. The van der Waals surface area contributed by atoms with Gasteiger partial charge < -0.3 is 14.6 Å². The quantitative estimate of drug-likeness (QED) is 0.664. The van der Waals surface area contributed by atoms with Gasteiger partial charge in [-0.25, -0.2) is 4.79 Å². The number of hydrogen-bond acceptors (Lipinski definition) is 6. The van der Waals surface area contributed by atoms with E-state index >= 15 is 0 Å². The van der Waals surface area contributed by atoms with Gasteiger partial charge in [0.25, 0.3) is 0 Å². The highest BCUT2D eigenvalue weighted by Crippen LogP contribution is 2.69. The SMILES string of the molecule is CCCC(=O)O[C@]1(C(=O)OC)[C@@H](C)C[C@H]2[C@@H]3CCC4=CC(=O)C=C[C@]4(C)[C@H]3[C@@H](O)C[C@@]21C. The number of rotatable bonds is 4. The minimum Gasteiger partial charge on any atom is -0.466 e. The lowest BCUT2D eigenvalue weighted by Crippen LogP contribution is -2.64. The van der Waals surface area contributed by atoms with Crippen LogP contribution in [0.4, 0.5) is 0 Å². The Morgan fingerprint density at radius 2 is 2.00 bits per heavy atom. The second-order valence-corrected chi connectivity index (χ2v) is 10.8. The molecule has 0 unspecified atom stereocenters. The Kier molecular flexibility index (Phi) is 5.68. The first-order valence-corrected chi connectivity index (χ1v) is 12.0. The minimum absolute atomic E-state index is 0.00750. The molecule has 4 aliphatic carbocycles. The van der Waals surface area contributed by atoms with Crippen LogP contribution in [0.1, 0.15) is 66.2 Å². The summed E-state index contributed by atoms with van der Waals surface area (Å²) in [5, 5.41) is 11.6. The van der Waals surface area contributed by atoms with Gasteiger partial charge >= 0.3 is 11.9 Å². The van der Waals surface area contributed by atoms with Crippen molar-refractivity contribution in [1.29, 1.82) is 0 Å². The molecule has 0 amide bonds. The zero-order valence-corrected chi connectivity index (χ0v) is 19.8. The Balaban J connectivity index is 1.78. The van der Waals surface area contributed by atoms with E-state index in [1.807, 2.05) is 26.8 Å². The van der Waals surface area contributed by atoms with Gasteiger partial charge in [-0.15, -0.1) is 0 Å². The van der Waals surface area contributed by atoms with Crippen LogP contribution in [0.2, 0.25) is 0 Å². The van der Waals surface area contributed by atoms with E-state index in [1.54, 1.807) is 12.2 Å². The molecule has 0 aromatic heterocycles. The van der Waals surface area contributed by atoms with E-state index in [1.165, 1.54) is 7.11 Å². The Morgan fingerprint density at radius 3 is 2.66 bits per heavy atom. The second-order valence-electron chi connectivity index (χ2n) is 10.8. The second kappa shape index (κ2) is 7.82. The number of methoxy groups -OCH3 is 1. The number of carbonyl (C=O) groups excluding carboxylic acids is 3. The van der Waals surface area contributed by atoms with E-state index in [2.05, 4.69) is 6.92 Å². The average Bonchev–Trinajstić information content (AvgIpc) is 2.95. The van der Waals surface area contributed by atoms with Crippen molar-refractivity contribution >= 4 is 17.7 Å². The first-order valence-electron chi connectivity index (χ1n) is 12.0. The lowest BCUT2D eigenvalue weighted by molar-refractivity contribution is -0.217. The van der Waals surface area contributed by atoms with Gasteiger partial charge in [0.2, 0.25) is 5.60 Å². The van der Waals surface area contributed by atoms with Crippen LogP contribution in [-0.2, 0) is 23.9 Å². The molecule has 3 saturated carbocycles. The Hall–Kier alpha value is -1.95. The van der Waals surface area contributed by atoms with Crippen LogP contribution in [0.15, 0.2) is 23.8 Å². The van der Waals surface area contributed by atoms with E-state index in [0.29, 0.717) is 12.8 Å². The molecule has 3 fully saturated rings. The molecule has 0 saturated heterocycles. The number of aliphatic hydroxyl groups excluding tert-OH is 1. The van der Waals surface area contributed by atoms with Gasteiger partial charge in [0.05, 0.1) is 13.2 Å². The first kappa shape index (κ1) is 23.2. The predicted octanol–water partition coefficient (Wildman–Crippen LogP) is 3.77. The molecule has 0 bridgehead atoms. The Labute approximate surface area is 190 Å². The predicted molar refractivity (Wildman–Crippen MR) is 118 cm³/mol. The maximum absolute atomic E-state index is 13.3. The van der Waals surface area contributed by atoms with Gasteiger partial charge in [0.15, 0.2) is 5.78 Å². The molecule has 176 valence electrons. The van der Waals surface area contributed by atoms with Crippen LogP contribution < -0.4 is 0 Å². The Morgan fingerprint density at radius 1 is 1.28 bits per heavy atom. The summed E-state index contributed by atoms with van der Waals surface area (Å²) in [6.07, 6.45) is 8.24. The fourth-order valence-corrected chi connectivity index (χ4v) is 7.92. The van der Waals surface area contributed by atoms with Gasteiger partial charge in [0.1, 0.15) is 0 Å². The lowest BCUT2D eigenvalue weighted by Gasteiger charge is -2.59. The molecule has 0 aromatic rings. The zero-order chi connectivity index (χ0) is 23.5. The van der Waals surface area contributed by atoms with Gasteiger partial charge in [-0.05, 0) is 56.1 Å². The van der Waals surface area contributed by atoms with Crippen LogP contribution in [0.25, 0.3) is 0 Å². The highest BCUT2D eigenvalue weighted by atomic mass is 16.6. The van der Waals surface area contributed by atoms with Crippen LogP contribution in [0.3, 0.4) is 0 Å². The van der Waals surface area contributed by atoms with E-state index in [9.17, 15) is 19.5 Å². The highest BCUT2D eigenvalue weighted by Gasteiger charge is 2.73. The van der Waals surface area contributed by atoms with Crippen LogP contribution >= 0.6 is 0 Å². The number of carbonyl (C=O) groups is 3. The summed E-state index contributed by atoms with van der Waals surface area (Å²) in [5.74, 6) is -0.907. The monoisotopic (exact) mass is 444 g/mol. The molecule has 8 atom stereocenters. The highest BCUT2D eigenvalue weighted by molar-refractivity contribution is 6.01. The number of aliphatic hydroxyl groups is 1. The molecule has 4 aliphatic rings. The van der Waals surface area contributed by atoms with E-state index in [-0.39, 0.29) is 41.3 Å². The number of allylic oxidation sites excluding steroid dienone is 4. The fraction of sp³-hybridized carbons (Fsp3) is 0.731. The topological polar surface area (TPSA) is 89.9 Å². The molecule has 0 aromatic carbocycles. The fourth-order valence-electron chi connectivity index (χ4n) is 7.92. The third-order valence-corrected chi connectivity index (χ3v) is 9.25. The molecule has 0 heterocycles. The van der Waals surface area contributed by atoms with Crippen molar-refractivity contribution in [2.24, 2.45) is 34.5 Å². The maximum atomic E-state index is 13.3. The van der Waals surface area contributed by atoms with Gasteiger partial charge in [-0.3, -0.25) is 9.59 Å². The number of ketones is 1. The normalized spacial score (nSPS) is 44.8. The average molecular weight is 445 g/mol. The molecule has 6 heteroatoms. The third kappa shape index (κ3) is 2.98. The van der Waals surface area contributed by atoms with Crippen molar-refractivity contribution in [2.45, 2.75) is 77.9 Å². The first-order chi connectivity index (χ1) is 15.0. The molecule has 0 spiro atoms. The smallest absolute Gasteiger partial charge is 0.351 e. The van der Waals surface area contributed by atoms with E-state index < -0.39 is 29.1 Å². The summed E-state index contributed by atoms with van der Waals surface area (Å²) in [6, 6.07) is 0. The summed E-state index contributed by atoms with van der Waals surface area (Å²) in [6.45, 7) is 8.00. The van der Waals surface area contributed by atoms with Crippen molar-refractivity contribution in [3.63, 3.8) is 0 Å². The van der Waals surface area contributed by atoms with Crippen molar-refractivity contribution in [3.8, 4) is 0 Å². The molecular formula is C26H36O6. The molecule has 6 nitrogen and oxygen atoms in total. The molecule has 1 N–H and O–H groups in total. The lowest BCUT2D eigenvalue weighted by atomic mass is 9.46. The largest absolute Gasteiger partial charge is 0.466 e. The summed E-state index contributed by atoms with van der Waals surface area (Å²) < 4.78 is 11.3. The molecule has 0 radical (unpaired) electrons. The van der Waals surface area contributed by atoms with Gasteiger partial charge in [-0.1, -0.05) is 39.3 Å². The standard InChI is InChI=1S/C26H36O6/c1-6-7-21(29)32-26(23(30)31-5)15(2)12-19-18-9-8-16-13-17(27)10-11-24(16,3)22(18)20(28)14-25(19,26)4/h10-11,13,15,18-20,22,28H,6-9,12,14H2,1-5H3/t15-,18-,19-,20-,22+,24-,25-,26-/m0/s1. The summed E-state index contributed by atoms with van der Waals surface area (Å²) in [4.78, 5) is 38.0. The number of fused-ring (bicyclic) bond motifs is 5. The summed E-state index contributed by atoms with van der Waals surface area (Å²) in [7, 11) is 1.34. The number of esters is 2. The summed E-state index contributed by atoms with van der Waals surface area (Å²) in [5.41, 5.74) is -1.42. The number of hydrogen-bond donors (Lipinski definition) is 1. The molecule has 32 heavy (non-hydrogen) atoms. The van der Waals surface area contributed by atoms with Crippen molar-refractivity contribution in [3.05, 3.63) is 23.8 Å². The van der Waals surface area contributed by atoms with Crippen molar-refractivity contribution in [1.82, 2.24) is 0 Å². The van der Waals surface area contributed by atoms with Crippen LogP contribution in [0.5, 0.6) is 0 Å². The maximum Gasteiger partial charge on any atom is 0.351 e. The molecule has 4 rings (SSSR count). The van der Waals surface area contributed by atoms with Crippen LogP contribution in [0, 0.1) is 34.5 Å². The van der Waals surface area contributed by atoms with E-state index in [0.717, 1.165) is 24.8 Å². The van der Waals surface area contributed by atoms with Crippen LogP contribution in [-0.4, -0.2) is 41.6 Å². The van der Waals surface area contributed by atoms with Crippen molar-refractivity contribution in [2.75, 3.05) is 7.11 Å². The van der Waals surface area contributed by atoms with Crippen molar-refractivity contribution < 1.29 is 29.0 Å². The number of ether oxygens (including phenoxy) is 2. The third-order valence-electron chi connectivity index (χ3n) is 9.25. The Bertz CT molecular complexity index is 889. The molecule has 0 aliphatic heterocycles.